The summed E-state index contributed by atoms with van der Waals surface area (Å²) in [5, 5.41) is 2.21. The van der Waals surface area contributed by atoms with Crippen molar-refractivity contribution < 1.29 is 9.59 Å². The van der Waals surface area contributed by atoms with Crippen molar-refractivity contribution >= 4 is 39.9 Å². The number of imide groups is 1. The van der Waals surface area contributed by atoms with Crippen LogP contribution in [0.1, 0.15) is 0 Å². The summed E-state index contributed by atoms with van der Waals surface area (Å²) in [7, 11) is 0. The molecular formula is C14H8ClNO2. The first kappa shape index (κ1) is 11.0. The van der Waals surface area contributed by atoms with E-state index in [9.17, 15) is 9.59 Å². The summed E-state index contributed by atoms with van der Waals surface area (Å²) in [5.41, 5.74) is 0.565. The minimum atomic E-state index is -0.326. The first-order chi connectivity index (χ1) is 8.68. The van der Waals surface area contributed by atoms with Crippen LogP contribution in [0.15, 0.2) is 48.6 Å². The smallest absolute Gasteiger partial charge is 0.258 e. The number of fused-ring (bicyclic) bond motifs is 1. The van der Waals surface area contributed by atoms with Crippen LogP contribution < -0.4 is 4.90 Å². The van der Waals surface area contributed by atoms with Gasteiger partial charge < -0.3 is 0 Å². The van der Waals surface area contributed by atoms with Gasteiger partial charge in [-0.2, -0.15) is 0 Å². The largest absolute Gasteiger partial charge is 0.269 e. The standard InChI is InChI=1S/C14H8ClNO2/c15-11-5-6-12(10-4-2-1-3-9(10)11)16-13(17)7-8-14(16)18/h1-8H. The number of amides is 2. The molecule has 0 saturated heterocycles. The molecule has 0 saturated carbocycles. The molecule has 0 fully saturated rings. The maximum absolute atomic E-state index is 11.7. The molecule has 2 aromatic rings. The highest BCUT2D eigenvalue weighted by Gasteiger charge is 2.26. The Morgan fingerprint density at radius 3 is 2.11 bits per heavy atom. The number of nitrogens with zero attached hydrogens (tertiary/aromatic N) is 1. The fourth-order valence-corrected chi connectivity index (χ4v) is 2.31. The van der Waals surface area contributed by atoms with E-state index in [0.717, 1.165) is 15.7 Å². The van der Waals surface area contributed by atoms with E-state index < -0.39 is 0 Å². The zero-order chi connectivity index (χ0) is 12.7. The topological polar surface area (TPSA) is 37.4 Å². The maximum Gasteiger partial charge on any atom is 0.258 e. The van der Waals surface area contributed by atoms with Crippen molar-refractivity contribution in [2.24, 2.45) is 0 Å². The lowest BCUT2D eigenvalue weighted by atomic mass is 10.1. The predicted molar refractivity (Wildman–Crippen MR) is 70.6 cm³/mol. The van der Waals surface area contributed by atoms with Crippen molar-refractivity contribution in [2.75, 3.05) is 4.90 Å². The van der Waals surface area contributed by atoms with Gasteiger partial charge in [-0.25, -0.2) is 4.90 Å². The number of hydrogen-bond acceptors (Lipinski definition) is 2. The zero-order valence-corrected chi connectivity index (χ0v) is 10.0. The molecule has 0 bridgehead atoms. The lowest BCUT2D eigenvalue weighted by Crippen LogP contribution is -2.29. The number of benzene rings is 2. The molecule has 0 unspecified atom stereocenters. The normalized spacial score (nSPS) is 14.8. The van der Waals surface area contributed by atoms with Crippen LogP contribution in [-0.2, 0) is 9.59 Å². The third kappa shape index (κ3) is 1.52. The monoisotopic (exact) mass is 257 g/mol. The van der Waals surface area contributed by atoms with Crippen LogP contribution in [0.2, 0.25) is 5.02 Å². The number of carbonyl (C=O) groups is 2. The molecule has 0 atom stereocenters. The number of halogens is 1. The van der Waals surface area contributed by atoms with Gasteiger partial charge in [-0.3, -0.25) is 9.59 Å². The van der Waals surface area contributed by atoms with E-state index in [1.54, 1.807) is 12.1 Å². The highest BCUT2D eigenvalue weighted by Crippen LogP contribution is 2.33. The Labute approximate surface area is 108 Å². The summed E-state index contributed by atoms with van der Waals surface area (Å²) in [6.07, 6.45) is 2.54. The molecule has 3 rings (SSSR count). The van der Waals surface area contributed by atoms with Gasteiger partial charge in [0, 0.05) is 27.9 Å². The average Bonchev–Trinajstić information content (AvgIpc) is 2.71. The van der Waals surface area contributed by atoms with Crippen LogP contribution in [-0.4, -0.2) is 11.8 Å². The predicted octanol–water partition coefficient (Wildman–Crippen LogP) is 2.92. The van der Waals surface area contributed by atoms with Crippen LogP contribution in [0.4, 0.5) is 5.69 Å². The van der Waals surface area contributed by atoms with Gasteiger partial charge in [0.15, 0.2) is 0 Å². The lowest BCUT2D eigenvalue weighted by Gasteiger charge is -2.16. The molecule has 0 spiro atoms. The van der Waals surface area contributed by atoms with E-state index in [2.05, 4.69) is 0 Å². The van der Waals surface area contributed by atoms with Crippen molar-refractivity contribution in [3.05, 3.63) is 53.6 Å². The summed E-state index contributed by atoms with van der Waals surface area (Å²) in [5.74, 6) is -0.653. The van der Waals surface area contributed by atoms with Gasteiger partial charge in [-0.1, -0.05) is 35.9 Å². The van der Waals surface area contributed by atoms with E-state index in [0.29, 0.717) is 10.7 Å². The van der Waals surface area contributed by atoms with Gasteiger partial charge in [0.25, 0.3) is 11.8 Å². The fraction of sp³-hybridized carbons (Fsp3) is 0. The van der Waals surface area contributed by atoms with Gasteiger partial charge in [0.1, 0.15) is 0 Å². The van der Waals surface area contributed by atoms with Crippen molar-refractivity contribution in [1.29, 1.82) is 0 Å². The molecule has 2 amide bonds. The summed E-state index contributed by atoms with van der Waals surface area (Å²) >= 11 is 6.10. The van der Waals surface area contributed by atoms with Crippen molar-refractivity contribution in [3.63, 3.8) is 0 Å². The van der Waals surface area contributed by atoms with E-state index in [1.807, 2.05) is 24.3 Å². The van der Waals surface area contributed by atoms with E-state index >= 15 is 0 Å². The van der Waals surface area contributed by atoms with Crippen LogP contribution in [0, 0.1) is 0 Å². The van der Waals surface area contributed by atoms with Crippen LogP contribution in [0.25, 0.3) is 10.8 Å². The minimum Gasteiger partial charge on any atom is -0.269 e. The Morgan fingerprint density at radius 1 is 0.833 bits per heavy atom. The van der Waals surface area contributed by atoms with Gasteiger partial charge in [-0.05, 0) is 12.1 Å². The van der Waals surface area contributed by atoms with Gasteiger partial charge >= 0.3 is 0 Å². The Kier molecular flexibility index (Phi) is 2.42. The lowest BCUT2D eigenvalue weighted by molar-refractivity contribution is -0.119. The fourth-order valence-electron chi connectivity index (χ4n) is 2.08. The second kappa shape index (κ2) is 3.96. The van der Waals surface area contributed by atoms with E-state index in [1.165, 1.54) is 12.2 Å². The summed E-state index contributed by atoms with van der Waals surface area (Å²) in [6.45, 7) is 0. The Balaban J connectivity index is 2.28. The molecular weight excluding hydrogens is 250 g/mol. The maximum atomic E-state index is 11.7. The molecule has 0 aliphatic carbocycles. The number of rotatable bonds is 1. The summed E-state index contributed by atoms with van der Waals surface area (Å²) < 4.78 is 0. The molecule has 0 N–H and O–H groups in total. The van der Waals surface area contributed by atoms with Gasteiger partial charge in [0.05, 0.1) is 5.69 Å². The number of hydrogen-bond donors (Lipinski definition) is 0. The second-order valence-electron chi connectivity index (χ2n) is 3.96. The molecule has 18 heavy (non-hydrogen) atoms. The Hall–Kier alpha value is -2.13. The quantitative estimate of drug-likeness (QED) is 0.737. The molecule has 4 heteroatoms. The molecule has 88 valence electrons. The third-order valence-electron chi connectivity index (χ3n) is 2.90. The van der Waals surface area contributed by atoms with Crippen LogP contribution >= 0.6 is 11.6 Å². The summed E-state index contributed by atoms with van der Waals surface area (Å²) in [6, 6.07) is 10.8. The first-order valence-electron chi connectivity index (χ1n) is 5.42. The number of anilines is 1. The van der Waals surface area contributed by atoms with Crippen molar-refractivity contribution in [1.82, 2.24) is 0 Å². The molecule has 1 heterocycles. The highest BCUT2D eigenvalue weighted by molar-refractivity contribution is 6.37. The molecule has 3 nitrogen and oxygen atoms in total. The Morgan fingerprint density at radius 2 is 1.44 bits per heavy atom. The second-order valence-corrected chi connectivity index (χ2v) is 4.36. The molecule has 0 aromatic heterocycles. The van der Waals surface area contributed by atoms with Gasteiger partial charge in [0.2, 0.25) is 0 Å². The van der Waals surface area contributed by atoms with Crippen molar-refractivity contribution in [3.8, 4) is 0 Å². The molecule has 1 aliphatic rings. The van der Waals surface area contributed by atoms with Gasteiger partial charge in [-0.15, -0.1) is 0 Å². The zero-order valence-electron chi connectivity index (χ0n) is 9.26. The van der Waals surface area contributed by atoms with E-state index in [4.69, 9.17) is 11.6 Å². The molecule has 1 aliphatic heterocycles. The summed E-state index contributed by atoms with van der Waals surface area (Å²) in [4.78, 5) is 24.5. The van der Waals surface area contributed by atoms with Crippen LogP contribution in [0.3, 0.4) is 0 Å². The average molecular weight is 258 g/mol. The SMILES string of the molecule is O=C1C=CC(=O)N1c1ccc(Cl)c2ccccc12. The third-order valence-corrected chi connectivity index (χ3v) is 3.23. The van der Waals surface area contributed by atoms with E-state index in [-0.39, 0.29) is 11.8 Å². The molecule has 0 radical (unpaired) electrons. The number of carbonyl (C=O) groups excluding carboxylic acids is 2. The Bertz CT molecular complexity index is 688. The van der Waals surface area contributed by atoms with Crippen LogP contribution in [0.5, 0.6) is 0 Å². The van der Waals surface area contributed by atoms with Crippen molar-refractivity contribution in [2.45, 2.75) is 0 Å². The highest BCUT2D eigenvalue weighted by atomic mass is 35.5. The molecule has 2 aromatic carbocycles. The first-order valence-corrected chi connectivity index (χ1v) is 5.79. The minimum absolute atomic E-state index is 0.326.